The van der Waals surface area contributed by atoms with Crippen LogP contribution in [-0.2, 0) is 4.74 Å². The van der Waals surface area contributed by atoms with Crippen molar-refractivity contribution in [3.8, 4) is 6.07 Å². The maximum absolute atomic E-state index is 13.2. The normalized spacial score (nSPS) is 33.6. The van der Waals surface area contributed by atoms with Gasteiger partial charge in [-0.25, -0.2) is 4.39 Å². The average Bonchev–Trinajstić information content (AvgIpc) is 2.39. The first-order chi connectivity index (χ1) is 8.24. The Morgan fingerprint density at radius 1 is 1.65 bits per heavy atom. The van der Waals surface area contributed by atoms with Crippen LogP contribution in [-0.4, -0.2) is 25.3 Å². The summed E-state index contributed by atoms with van der Waals surface area (Å²) in [6, 6.07) is 2.34. The van der Waals surface area contributed by atoms with E-state index in [0.717, 1.165) is 13.0 Å². The third kappa shape index (κ3) is 2.74. The highest BCUT2D eigenvalue weighted by Gasteiger charge is 2.29. The number of hydrogen-bond acceptors (Lipinski definition) is 3. The Labute approximate surface area is 101 Å². The third-order valence-electron chi connectivity index (χ3n) is 3.44. The number of ether oxygens (including phenoxy) is 1. The second-order valence-electron chi connectivity index (χ2n) is 4.55. The molecule has 0 aromatic rings. The largest absolute Gasteiger partial charge is 0.375 e. The van der Waals surface area contributed by atoms with E-state index in [2.05, 4.69) is 12.2 Å². The fourth-order valence-electron chi connectivity index (χ4n) is 2.24. The van der Waals surface area contributed by atoms with Gasteiger partial charge in [0.2, 0.25) is 0 Å². The zero-order valence-corrected chi connectivity index (χ0v) is 9.95. The van der Waals surface area contributed by atoms with Crippen molar-refractivity contribution in [2.24, 2.45) is 5.92 Å². The molecule has 3 nitrogen and oxygen atoms in total. The van der Waals surface area contributed by atoms with Crippen molar-refractivity contribution in [2.45, 2.75) is 31.9 Å². The van der Waals surface area contributed by atoms with E-state index in [9.17, 15) is 4.39 Å². The molecule has 1 N–H and O–H groups in total. The van der Waals surface area contributed by atoms with Crippen LogP contribution in [0.25, 0.3) is 0 Å². The molecule has 1 aliphatic heterocycles. The minimum Gasteiger partial charge on any atom is -0.375 e. The van der Waals surface area contributed by atoms with Crippen molar-refractivity contribution in [1.29, 1.82) is 5.26 Å². The molecule has 0 saturated carbocycles. The second kappa shape index (κ2) is 5.44. The lowest BCUT2D eigenvalue weighted by molar-refractivity contribution is -0.0191. The van der Waals surface area contributed by atoms with Gasteiger partial charge in [-0.2, -0.15) is 5.26 Å². The SMILES string of the molecule is CCC1COC(C2C=CC(F)=C(C#N)C2)CN1. The van der Waals surface area contributed by atoms with Crippen LogP contribution in [0.3, 0.4) is 0 Å². The second-order valence-corrected chi connectivity index (χ2v) is 4.55. The van der Waals surface area contributed by atoms with E-state index in [-0.39, 0.29) is 17.6 Å². The molecule has 0 amide bonds. The van der Waals surface area contributed by atoms with Crippen LogP contribution in [0.15, 0.2) is 23.6 Å². The molecule has 17 heavy (non-hydrogen) atoms. The van der Waals surface area contributed by atoms with Crippen LogP contribution in [0.5, 0.6) is 0 Å². The molecule has 2 aliphatic rings. The number of morpholine rings is 1. The molecule has 0 spiro atoms. The molecule has 1 fully saturated rings. The van der Waals surface area contributed by atoms with Gasteiger partial charge in [-0.1, -0.05) is 13.0 Å². The Bertz CT molecular complexity index is 375. The molecule has 92 valence electrons. The molecule has 3 unspecified atom stereocenters. The van der Waals surface area contributed by atoms with Crippen molar-refractivity contribution in [2.75, 3.05) is 13.2 Å². The maximum Gasteiger partial charge on any atom is 0.136 e. The van der Waals surface area contributed by atoms with Crippen LogP contribution in [0, 0.1) is 17.2 Å². The summed E-state index contributed by atoms with van der Waals surface area (Å²) >= 11 is 0. The monoisotopic (exact) mass is 236 g/mol. The van der Waals surface area contributed by atoms with Crippen LogP contribution in [0.4, 0.5) is 4.39 Å². The summed E-state index contributed by atoms with van der Waals surface area (Å²) in [6.07, 6.45) is 4.75. The number of rotatable bonds is 2. The minimum absolute atomic E-state index is 0.0468. The summed E-state index contributed by atoms with van der Waals surface area (Å²) in [7, 11) is 0. The van der Waals surface area contributed by atoms with Gasteiger partial charge in [-0.15, -0.1) is 0 Å². The molecule has 0 bridgehead atoms. The van der Waals surface area contributed by atoms with Gasteiger partial charge in [0.1, 0.15) is 5.83 Å². The van der Waals surface area contributed by atoms with Crippen LogP contribution in [0.1, 0.15) is 19.8 Å². The molecule has 2 rings (SSSR count). The minimum atomic E-state index is -0.404. The van der Waals surface area contributed by atoms with Gasteiger partial charge in [0.05, 0.1) is 24.4 Å². The Balaban J connectivity index is 1.94. The first kappa shape index (κ1) is 12.3. The van der Waals surface area contributed by atoms with Gasteiger partial charge in [0, 0.05) is 18.5 Å². The van der Waals surface area contributed by atoms with Gasteiger partial charge in [-0.3, -0.25) is 0 Å². The average molecular weight is 236 g/mol. The summed E-state index contributed by atoms with van der Waals surface area (Å²) < 4.78 is 19.0. The van der Waals surface area contributed by atoms with Crippen LogP contribution >= 0.6 is 0 Å². The van der Waals surface area contributed by atoms with Crippen LogP contribution in [0.2, 0.25) is 0 Å². The molecule has 1 saturated heterocycles. The Hall–Kier alpha value is -1.18. The van der Waals surface area contributed by atoms with E-state index >= 15 is 0 Å². The number of nitriles is 1. The molecule has 1 aliphatic carbocycles. The van der Waals surface area contributed by atoms with Crippen molar-refractivity contribution in [3.63, 3.8) is 0 Å². The number of halogens is 1. The number of nitrogens with zero attached hydrogens (tertiary/aromatic N) is 1. The first-order valence-corrected chi connectivity index (χ1v) is 6.06. The number of allylic oxidation sites excluding steroid dienone is 3. The van der Waals surface area contributed by atoms with E-state index in [1.807, 2.05) is 12.1 Å². The summed E-state index contributed by atoms with van der Waals surface area (Å²) in [4.78, 5) is 0. The molecular formula is C13H17FN2O. The zero-order valence-electron chi connectivity index (χ0n) is 9.95. The van der Waals surface area contributed by atoms with Gasteiger partial charge < -0.3 is 10.1 Å². The van der Waals surface area contributed by atoms with Crippen molar-refractivity contribution in [1.82, 2.24) is 5.32 Å². The summed E-state index contributed by atoms with van der Waals surface area (Å²) in [5.41, 5.74) is 0.235. The summed E-state index contributed by atoms with van der Waals surface area (Å²) in [6.45, 7) is 3.58. The highest BCUT2D eigenvalue weighted by Crippen LogP contribution is 2.28. The lowest BCUT2D eigenvalue weighted by Gasteiger charge is -2.34. The summed E-state index contributed by atoms with van der Waals surface area (Å²) in [5, 5.41) is 12.2. The predicted octanol–water partition coefficient (Wildman–Crippen LogP) is 2.08. The highest BCUT2D eigenvalue weighted by atomic mass is 19.1. The van der Waals surface area contributed by atoms with E-state index in [1.165, 1.54) is 6.08 Å². The van der Waals surface area contributed by atoms with Crippen molar-refractivity contribution >= 4 is 0 Å². The first-order valence-electron chi connectivity index (χ1n) is 6.06. The molecule has 0 aromatic carbocycles. The third-order valence-corrected chi connectivity index (χ3v) is 3.44. The standard InChI is InChI=1S/C13H17FN2O/c1-2-11-8-17-13(7-16-11)9-3-4-12(14)10(5-9)6-15/h3-4,9,11,13,16H,2,5,7-8H2,1H3. The molecule has 0 radical (unpaired) electrons. The van der Waals surface area contributed by atoms with E-state index in [4.69, 9.17) is 10.00 Å². The van der Waals surface area contributed by atoms with E-state index in [1.54, 1.807) is 0 Å². The molecule has 4 heteroatoms. The van der Waals surface area contributed by atoms with Gasteiger partial charge in [-0.05, 0) is 18.9 Å². The molecule has 0 aromatic heterocycles. The predicted molar refractivity (Wildman–Crippen MR) is 62.8 cm³/mol. The number of nitrogens with one attached hydrogen (secondary N) is 1. The smallest absolute Gasteiger partial charge is 0.136 e. The maximum atomic E-state index is 13.2. The molecular weight excluding hydrogens is 219 g/mol. The van der Waals surface area contributed by atoms with Gasteiger partial charge >= 0.3 is 0 Å². The van der Waals surface area contributed by atoms with Crippen molar-refractivity contribution < 1.29 is 9.13 Å². The Morgan fingerprint density at radius 2 is 2.47 bits per heavy atom. The quantitative estimate of drug-likeness (QED) is 0.798. The van der Waals surface area contributed by atoms with E-state index in [0.29, 0.717) is 19.1 Å². The fraction of sp³-hybridized carbons (Fsp3) is 0.615. The number of hydrogen-bond donors (Lipinski definition) is 1. The Morgan fingerprint density at radius 3 is 3.06 bits per heavy atom. The molecule has 3 atom stereocenters. The molecule has 1 heterocycles. The Kier molecular flexibility index (Phi) is 3.93. The highest BCUT2D eigenvalue weighted by molar-refractivity contribution is 5.35. The lowest BCUT2D eigenvalue weighted by atomic mass is 9.89. The topological polar surface area (TPSA) is 45.0 Å². The van der Waals surface area contributed by atoms with Gasteiger partial charge in [0.25, 0.3) is 0 Å². The van der Waals surface area contributed by atoms with Crippen molar-refractivity contribution in [3.05, 3.63) is 23.6 Å². The van der Waals surface area contributed by atoms with E-state index < -0.39 is 5.83 Å². The summed E-state index contributed by atoms with van der Waals surface area (Å²) in [5.74, 6) is -0.298. The zero-order chi connectivity index (χ0) is 12.3. The fourth-order valence-corrected chi connectivity index (χ4v) is 2.24. The van der Waals surface area contributed by atoms with Gasteiger partial charge in [0.15, 0.2) is 0 Å². The lowest BCUT2D eigenvalue weighted by Crippen LogP contribution is -2.48. The van der Waals surface area contributed by atoms with Crippen LogP contribution < -0.4 is 5.32 Å².